The van der Waals surface area contributed by atoms with E-state index in [0.29, 0.717) is 24.0 Å². The smallest absolute Gasteiger partial charge is 0.238 e. The molecule has 1 heterocycles. The van der Waals surface area contributed by atoms with Crippen molar-refractivity contribution >= 4 is 23.2 Å². The van der Waals surface area contributed by atoms with Gasteiger partial charge in [0.2, 0.25) is 11.8 Å². The average Bonchev–Trinajstić information content (AvgIpc) is 2.74. The van der Waals surface area contributed by atoms with E-state index >= 15 is 0 Å². The van der Waals surface area contributed by atoms with Gasteiger partial charge in [-0.2, -0.15) is 0 Å². The number of likely N-dealkylation sites (tertiary alicyclic amines) is 1. The summed E-state index contributed by atoms with van der Waals surface area (Å²) in [4.78, 5) is 28.1. The molecule has 1 atom stereocenters. The van der Waals surface area contributed by atoms with E-state index in [1.807, 2.05) is 12.1 Å². The van der Waals surface area contributed by atoms with Crippen LogP contribution in [0.2, 0.25) is 0 Å². The minimum Gasteiger partial charge on any atom is -0.325 e. The van der Waals surface area contributed by atoms with Gasteiger partial charge in [-0.3, -0.25) is 14.5 Å². The lowest BCUT2D eigenvalue weighted by Gasteiger charge is -2.23. The van der Waals surface area contributed by atoms with Gasteiger partial charge in [-0.25, -0.2) is 0 Å². The summed E-state index contributed by atoms with van der Waals surface area (Å²) in [6.45, 7) is 3.72. The highest BCUT2D eigenvalue weighted by molar-refractivity contribution is 5.99. The predicted octanol–water partition coefficient (Wildman–Crippen LogP) is 2.00. The molecule has 1 aliphatic rings. The Morgan fingerprint density at radius 2 is 1.79 bits per heavy atom. The quantitative estimate of drug-likeness (QED) is 0.866. The van der Waals surface area contributed by atoms with Crippen molar-refractivity contribution in [2.75, 3.05) is 44.4 Å². The Kier molecular flexibility index (Phi) is 6.75. The van der Waals surface area contributed by atoms with Crippen LogP contribution in [0.5, 0.6) is 0 Å². The molecule has 0 saturated carbocycles. The standard InChI is InChI=1S/C18H28N4O2/c1-14(23)19-16-8-4-5-9-17(16)20-18(24)13-22-11-6-7-15(10-12-22)21(2)3/h4-5,8-9,15H,6-7,10-13H2,1-3H3,(H,19,23)(H,20,24)/t15-/m0/s1. The Balaban J connectivity index is 1.90. The molecule has 0 bridgehead atoms. The van der Waals surface area contributed by atoms with Gasteiger partial charge in [-0.15, -0.1) is 0 Å². The Bertz CT molecular complexity index is 574. The molecule has 2 rings (SSSR count). The van der Waals surface area contributed by atoms with E-state index in [2.05, 4.69) is 34.5 Å². The van der Waals surface area contributed by atoms with Crippen LogP contribution in [-0.2, 0) is 9.59 Å². The number of hydrogen-bond donors (Lipinski definition) is 2. The molecule has 1 aromatic carbocycles. The largest absolute Gasteiger partial charge is 0.325 e. The van der Waals surface area contributed by atoms with E-state index < -0.39 is 0 Å². The van der Waals surface area contributed by atoms with Gasteiger partial charge in [-0.05, 0) is 52.0 Å². The van der Waals surface area contributed by atoms with E-state index in [4.69, 9.17) is 0 Å². The zero-order valence-corrected chi connectivity index (χ0v) is 14.8. The van der Waals surface area contributed by atoms with Gasteiger partial charge < -0.3 is 15.5 Å². The highest BCUT2D eigenvalue weighted by atomic mass is 16.2. The third kappa shape index (κ3) is 5.62. The lowest BCUT2D eigenvalue weighted by molar-refractivity contribution is -0.117. The summed E-state index contributed by atoms with van der Waals surface area (Å²) in [5.41, 5.74) is 1.26. The Morgan fingerprint density at radius 3 is 2.42 bits per heavy atom. The molecule has 0 aliphatic carbocycles. The molecular formula is C18H28N4O2. The molecule has 1 fully saturated rings. The van der Waals surface area contributed by atoms with Crippen LogP contribution in [-0.4, -0.2) is 61.4 Å². The molecule has 0 unspecified atom stereocenters. The Hall–Kier alpha value is -1.92. The van der Waals surface area contributed by atoms with Crippen LogP contribution < -0.4 is 10.6 Å². The highest BCUT2D eigenvalue weighted by Gasteiger charge is 2.20. The normalized spacial score (nSPS) is 18.9. The molecule has 0 spiro atoms. The fourth-order valence-corrected chi connectivity index (χ4v) is 3.10. The van der Waals surface area contributed by atoms with Crippen LogP contribution in [0.25, 0.3) is 0 Å². The number of hydrogen-bond acceptors (Lipinski definition) is 4. The lowest BCUT2D eigenvalue weighted by atomic mass is 10.1. The number of carbonyl (C=O) groups is 2. The molecule has 6 nitrogen and oxygen atoms in total. The summed E-state index contributed by atoms with van der Waals surface area (Å²) < 4.78 is 0. The third-order valence-corrected chi connectivity index (χ3v) is 4.40. The number of benzene rings is 1. The van der Waals surface area contributed by atoms with Crippen molar-refractivity contribution in [3.05, 3.63) is 24.3 Å². The zero-order valence-electron chi connectivity index (χ0n) is 14.8. The van der Waals surface area contributed by atoms with Gasteiger partial charge in [0.15, 0.2) is 0 Å². The van der Waals surface area contributed by atoms with Gasteiger partial charge in [0, 0.05) is 19.5 Å². The predicted molar refractivity (Wildman–Crippen MR) is 97.1 cm³/mol. The van der Waals surface area contributed by atoms with Crippen molar-refractivity contribution in [3.63, 3.8) is 0 Å². The van der Waals surface area contributed by atoms with Crippen LogP contribution in [0.15, 0.2) is 24.3 Å². The second-order valence-electron chi connectivity index (χ2n) is 6.60. The molecule has 6 heteroatoms. The fraction of sp³-hybridized carbons (Fsp3) is 0.556. The molecule has 1 saturated heterocycles. The number of para-hydroxylation sites is 2. The van der Waals surface area contributed by atoms with Gasteiger partial charge in [0.05, 0.1) is 17.9 Å². The molecular weight excluding hydrogens is 304 g/mol. The molecule has 2 amide bonds. The first-order valence-corrected chi connectivity index (χ1v) is 8.51. The van der Waals surface area contributed by atoms with Crippen molar-refractivity contribution in [3.8, 4) is 0 Å². The van der Waals surface area contributed by atoms with Gasteiger partial charge >= 0.3 is 0 Å². The first-order chi connectivity index (χ1) is 11.5. The van der Waals surface area contributed by atoms with E-state index in [1.54, 1.807) is 12.1 Å². The number of nitrogens with zero attached hydrogens (tertiary/aromatic N) is 2. The molecule has 0 aromatic heterocycles. The summed E-state index contributed by atoms with van der Waals surface area (Å²) in [7, 11) is 4.23. The van der Waals surface area contributed by atoms with Crippen LogP contribution in [0.1, 0.15) is 26.2 Å². The number of rotatable bonds is 5. The third-order valence-electron chi connectivity index (χ3n) is 4.40. The van der Waals surface area contributed by atoms with Crippen LogP contribution in [0.4, 0.5) is 11.4 Å². The summed E-state index contributed by atoms with van der Waals surface area (Å²) >= 11 is 0. The lowest BCUT2D eigenvalue weighted by Crippen LogP contribution is -2.35. The summed E-state index contributed by atoms with van der Waals surface area (Å²) in [6, 6.07) is 7.85. The molecule has 132 valence electrons. The minimum absolute atomic E-state index is 0.0453. The first kappa shape index (κ1) is 18.4. The topological polar surface area (TPSA) is 64.7 Å². The molecule has 1 aromatic rings. The van der Waals surface area contributed by atoms with Crippen molar-refractivity contribution in [2.24, 2.45) is 0 Å². The van der Waals surface area contributed by atoms with Crippen molar-refractivity contribution in [1.29, 1.82) is 0 Å². The van der Waals surface area contributed by atoms with E-state index in [9.17, 15) is 9.59 Å². The van der Waals surface area contributed by atoms with Crippen LogP contribution in [0, 0.1) is 0 Å². The molecule has 24 heavy (non-hydrogen) atoms. The summed E-state index contributed by atoms with van der Waals surface area (Å²) in [5.74, 6) is -0.199. The van der Waals surface area contributed by atoms with E-state index in [-0.39, 0.29) is 11.8 Å². The molecule has 2 N–H and O–H groups in total. The van der Waals surface area contributed by atoms with Crippen molar-refractivity contribution in [1.82, 2.24) is 9.80 Å². The highest BCUT2D eigenvalue weighted by Crippen LogP contribution is 2.21. The number of carbonyl (C=O) groups excluding carboxylic acids is 2. The van der Waals surface area contributed by atoms with Crippen LogP contribution in [0.3, 0.4) is 0 Å². The second kappa shape index (κ2) is 8.80. The van der Waals surface area contributed by atoms with Crippen LogP contribution >= 0.6 is 0 Å². The van der Waals surface area contributed by atoms with Crippen molar-refractivity contribution in [2.45, 2.75) is 32.2 Å². The monoisotopic (exact) mass is 332 g/mol. The van der Waals surface area contributed by atoms with Gasteiger partial charge in [0.1, 0.15) is 0 Å². The van der Waals surface area contributed by atoms with Gasteiger partial charge in [-0.1, -0.05) is 12.1 Å². The fourth-order valence-electron chi connectivity index (χ4n) is 3.10. The Labute approximate surface area is 144 Å². The number of nitrogens with one attached hydrogen (secondary N) is 2. The average molecular weight is 332 g/mol. The maximum absolute atomic E-state index is 12.4. The zero-order chi connectivity index (χ0) is 17.5. The van der Waals surface area contributed by atoms with E-state index in [1.165, 1.54) is 13.3 Å². The van der Waals surface area contributed by atoms with Crippen molar-refractivity contribution < 1.29 is 9.59 Å². The van der Waals surface area contributed by atoms with E-state index in [0.717, 1.165) is 25.9 Å². The first-order valence-electron chi connectivity index (χ1n) is 8.51. The Morgan fingerprint density at radius 1 is 1.12 bits per heavy atom. The SMILES string of the molecule is CC(=O)Nc1ccccc1NC(=O)CN1CCC[C@H](N(C)C)CC1. The number of anilines is 2. The molecule has 0 radical (unpaired) electrons. The summed E-state index contributed by atoms with van der Waals surface area (Å²) in [6.07, 6.45) is 3.37. The maximum Gasteiger partial charge on any atom is 0.238 e. The molecule has 1 aliphatic heterocycles. The summed E-state index contributed by atoms with van der Waals surface area (Å²) in [5, 5.41) is 5.65. The minimum atomic E-state index is -0.154. The maximum atomic E-state index is 12.4. The van der Waals surface area contributed by atoms with Gasteiger partial charge in [0.25, 0.3) is 0 Å². The number of amides is 2. The second-order valence-corrected chi connectivity index (χ2v) is 6.60.